The second-order valence-corrected chi connectivity index (χ2v) is 7.83. The Morgan fingerprint density at radius 3 is 2.53 bits per heavy atom. The Balaban J connectivity index is 2.98. The maximum absolute atomic E-state index is 11.2. The van der Waals surface area contributed by atoms with Crippen molar-refractivity contribution in [1.29, 1.82) is 0 Å². The van der Waals surface area contributed by atoms with Crippen LogP contribution in [0.4, 0.5) is 0 Å². The molecule has 1 heterocycles. The Morgan fingerprint density at radius 1 is 1.60 bits per heavy atom. The number of hydrogen-bond acceptors (Lipinski definition) is 4. The van der Waals surface area contributed by atoms with Crippen molar-refractivity contribution in [2.45, 2.75) is 13.0 Å². The van der Waals surface area contributed by atoms with Gasteiger partial charge in [0.15, 0.2) is 0 Å². The monoisotopic (exact) mass is 311 g/mol. The number of halogens is 1. The van der Waals surface area contributed by atoms with Crippen molar-refractivity contribution in [1.82, 2.24) is 5.32 Å². The molecule has 0 saturated carbocycles. The van der Waals surface area contributed by atoms with Crippen molar-refractivity contribution < 1.29 is 8.42 Å². The van der Waals surface area contributed by atoms with Crippen LogP contribution in [0.5, 0.6) is 0 Å². The first-order valence-electron chi connectivity index (χ1n) is 4.44. The van der Waals surface area contributed by atoms with Crippen LogP contribution < -0.4 is 5.32 Å². The number of rotatable bonds is 4. The standard InChI is InChI=1S/C9H14BrNO2S2/c1-6-4-7(10)9(14-6)8(11-2)5-15(3,12)13/h4,8,11H,5H2,1-3H3. The Hall–Kier alpha value is 0.0900. The molecule has 1 unspecified atom stereocenters. The molecule has 0 aliphatic carbocycles. The number of hydrogen-bond donors (Lipinski definition) is 1. The predicted molar refractivity (Wildman–Crippen MR) is 68.3 cm³/mol. The van der Waals surface area contributed by atoms with E-state index >= 15 is 0 Å². The summed E-state index contributed by atoms with van der Waals surface area (Å²) in [4.78, 5) is 2.21. The van der Waals surface area contributed by atoms with Gasteiger partial charge in [0.25, 0.3) is 0 Å². The molecule has 1 aromatic rings. The summed E-state index contributed by atoms with van der Waals surface area (Å²) in [6, 6.07) is 1.88. The fourth-order valence-corrected chi connectivity index (χ4v) is 4.41. The molecule has 0 amide bonds. The summed E-state index contributed by atoms with van der Waals surface area (Å²) in [5.41, 5.74) is 0. The summed E-state index contributed by atoms with van der Waals surface area (Å²) in [6.45, 7) is 2.01. The third kappa shape index (κ3) is 3.86. The first kappa shape index (κ1) is 13.2. The zero-order valence-electron chi connectivity index (χ0n) is 8.87. The van der Waals surface area contributed by atoms with E-state index in [1.165, 1.54) is 11.1 Å². The molecule has 0 fully saturated rings. The zero-order chi connectivity index (χ0) is 11.6. The van der Waals surface area contributed by atoms with Gasteiger partial charge in [0.1, 0.15) is 9.84 Å². The first-order valence-corrected chi connectivity index (χ1v) is 8.11. The lowest BCUT2D eigenvalue weighted by Gasteiger charge is -2.13. The maximum Gasteiger partial charge on any atom is 0.149 e. The summed E-state index contributed by atoms with van der Waals surface area (Å²) >= 11 is 5.06. The highest BCUT2D eigenvalue weighted by molar-refractivity contribution is 9.10. The Kier molecular flexibility index (Phi) is 4.34. The largest absolute Gasteiger partial charge is 0.311 e. The molecule has 0 spiro atoms. The van der Waals surface area contributed by atoms with Crippen LogP contribution in [-0.2, 0) is 9.84 Å². The van der Waals surface area contributed by atoms with E-state index in [4.69, 9.17) is 0 Å². The minimum absolute atomic E-state index is 0.127. The highest BCUT2D eigenvalue weighted by atomic mass is 79.9. The molecule has 86 valence electrons. The molecule has 0 saturated heterocycles. The van der Waals surface area contributed by atoms with Crippen LogP contribution in [0, 0.1) is 6.92 Å². The van der Waals surface area contributed by atoms with Crippen molar-refractivity contribution in [2.75, 3.05) is 19.1 Å². The fraction of sp³-hybridized carbons (Fsp3) is 0.556. The van der Waals surface area contributed by atoms with E-state index in [0.29, 0.717) is 0 Å². The van der Waals surface area contributed by atoms with E-state index in [0.717, 1.165) is 9.35 Å². The Labute approximate surface area is 103 Å². The van der Waals surface area contributed by atoms with Crippen molar-refractivity contribution in [3.63, 3.8) is 0 Å². The number of nitrogens with one attached hydrogen (secondary N) is 1. The molecule has 3 nitrogen and oxygen atoms in total. The van der Waals surface area contributed by atoms with E-state index in [2.05, 4.69) is 21.2 Å². The molecule has 1 N–H and O–H groups in total. The first-order chi connectivity index (χ1) is 6.83. The molecule has 1 atom stereocenters. The number of aryl methyl sites for hydroxylation is 1. The van der Waals surface area contributed by atoms with Crippen molar-refractivity contribution in [3.05, 3.63) is 20.3 Å². The fourth-order valence-electron chi connectivity index (χ4n) is 1.33. The molecule has 6 heteroatoms. The second kappa shape index (κ2) is 4.95. The predicted octanol–water partition coefficient (Wildman–Crippen LogP) is 2.12. The van der Waals surface area contributed by atoms with Gasteiger partial charge in [-0.25, -0.2) is 8.42 Å². The summed E-state index contributed by atoms with van der Waals surface area (Å²) in [7, 11) is -1.19. The third-order valence-corrected chi connectivity index (χ3v) is 4.99. The van der Waals surface area contributed by atoms with Gasteiger partial charge in [0, 0.05) is 20.5 Å². The van der Waals surface area contributed by atoms with Crippen LogP contribution in [0.2, 0.25) is 0 Å². The van der Waals surface area contributed by atoms with Gasteiger partial charge in [-0.3, -0.25) is 0 Å². The van der Waals surface area contributed by atoms with Gasteiger partial charge in [0.05, 0.1) is 11.8 Å². The number of thiophene rings is 1. The van der Waals surface area contributed by atoms with Gasteiger partial charge < -0.3 is 5.32 Å². The molecule has 15 heavy (non-hydrogen) atoms. The van der Waals surface area contributed by atoms with E-state index in [1.54, 1.807) is 18.4 Å². The number of sulfone groups is 1. The summed E-state index contributed by atoms with van der Waals surface area (Å²) in [5.74, 6) is 0.127. The van der Waals surface area contributed by atoms with Crippen LogP contribution in [0.3, 0.4) is 0 Å². The SMILES string of the molecule is CNC(CS(C)(=O)=O)c1sc(C)cc1Br. The highest BCUT2D eigenvalue weighted by Crippen LogP contribution is 2.32. The maximum atomic E-state index is 11.2. The zero-order valence-corrected chi connectivity index (χ0v) is 12.1. The van der Waals surface area contributed by atoms with E-state index < -0.39 is 9.84 Å². The van der Waals surface area contributed by atoms with Crippen LogP contribution in [0.25, 0.3) is 0 Å². The van der Waals surface area contributed by atoms with Gasteiger partial charge >= 0.3 is 0 Å². The molecule has 0 aromatic carbocycles. The van der Waals surface area contributed by atoms with Gasteiger partial charge in [-0.05, 0) is 36.0 Å². The average molecular weight is 312 g/mol. The topological polar surface area (TPSA) is 46.2 Å². The van der Waals surface area contributed by atoms with Crippen LogP contribution in [-0.4, -0.2) is 27.5 Å². The smallest absolute Gasteiger partial charge is 0.149 e. The van der Waals surface area contributed by atoms with Gasteiger partial charge in [0.2, 0.25) is 0 Å². The lowest BCUT2D eigenvalue weighted by Crippen LogP contribution is -2.24. The van der Waals surface area contributed by atoms with E-state index in [1.807, 2.05) is 13.0 Å². The van der Waals surface area contributed by atoms with Gasteiger partial charge in [-0.15, -0.1) is 11.3 Å². The quantitative estimate of drug-likeness (QED) is 0.926. The molecule has 0 bridgehead atoms. The van der Waals surface area contributed by atoms with Gasteiger partial charge in [-0.2, -0.15) is 0 Å². The van der Waals surface area contributed by atoms with Crippen LogP contribution in [0.15, 0.2) is 10.5 Å². The van der Waals surface area contributed by atoms with Crippen LogP contribution in [0.1, 0.15) is 15.8 Å². The summed E-state index contributed by atoms with van der Waals surface area (Å²) in [6.07, 6.45) is 1.26. The summed E-state index contributed by atoms with van der Waals surface area (Å²) in [5, 5.41) is 3.03. The molecule has 0 radical (unpaired) electrons. The minimum atomic E-state index is -2.97. The third-order valence-electron chi connectivity index (χ3n) is 1.97. The molecule has 0 aliphatic rings. The Morgan fingerprint density at radius 2 is 2.20 bits per heavy atom. The lowest BCUT2D eigenvalue weighted by molar-refractivity contribution is 0.581. The highest BCUT2D eigenvalue weighted by Gasteiger charge is 2.19. The summed E-state index contributed by atoms with van der Waals surface area (Å²) < 4.78 is 23.5. The van der Waals surface area contributed by atoms with E-state index in [-0.39, 0.29) is 11.8 Å². The molecule has 0 aliphatic heterocycles. The van der Waals surface area contributed by atoms with E-state index in [9.17, 15) is 8.42 Å². The molecule has 1 aromatic heterocycles. The lowest BCUT2D eigenvalue weighted by atomic mass is 10.3. The molecule has 1 rings (SSSR count). The Bertz CT molecular complexity index is 439. The average Bonchev–Trinajstić information content (AvgIpc) is 2.39. The van der Waals surface area contributed by atoms with Crippen molar-refractivity contribution in [2.24, 2.45) is 0 Å². The molecular weight excluding hydrogens is 298 g/mol. The molecular formula is C9H14BrNO2S2. The minimum Gasteiger partial charge on any atom is -0.311 e. The van der Waals surface area contributed by atoms with Gasteiger partial charge in [-0.1, -0.05) is 0 Å². The second-order valence-electron chi connectivity index (χ2n) is 3.50. The van der Waals surface area contributed by atoms with Crippen molar-refractivity contribution in [3.8, 4) is 0 Å². The normalized spacial score (nSPS) is 14.1. The van der Waals surface area contributed by atoms with Crippen LogP contribution >= 0.6 is 27.3 Å². The van der Waals surface area contributed by atoms with Crippen molar-refractivity contribution >= 4 is 37.1 Å².